The zero-order valence-corrected chi connectivity index (χ0v) is 12.2. The predicted octanol–water partition coefficient (Wildman–Crippen LogP) is 2.16. The summed E-state index contributed by atoms with van der Waals surface area (Å²) in [6.07, 6.45) is -3.50. The summed E-state index contributed by atoms with van der Waals surface area (Å²) in [5.41, 5.74) is -0.738. The Morgan fingerprint density at radius 3 is 2.62 bits per heavy atom. The van der Waals surface area contributed by atoms with Crippen LogP contribution in [0, 0.1) is 6.92 Å². The van der Waals surface area contributed by atoms with Gasteiger partial charge >= 0.3 is 6.18 Å². The van der Waals surface area contributed by atoms with Gasteiger partial charge in [0.15, 0.2) is 0 Å². The average molecular weight is 323 g/mol. The third-order valence-corrected chi connectivity index (χ3v) is 5.73. The summed E-state index contributed by atoms with van der Waals surface area (Å²) in [4.78, 5) is -0.349. The quantitative estimate of drug-likeness (QED) is 0.927. The minimum absolute atomic E-state index is 0.212. The highest BCUT2D eigenvalue weighted by Gasteiger charge is 2.37. The van der Waals surface area contributed by atoms with Gasteiger partial charge in [-0.2, -0.15) is 17.5 Å². The van der Waals surface area contributed by atoms with Crippen molar-refractivity contribution in [3.8, 4) is 0 Å². The second-order valence-electron chi connectivity index (χ2n) is 5.07. The molecule has 8 heteroatoms. The van der Waals surface area contributed by atoms with E-state index < -0.39 is 27.8 Å². The standard InChI is InChI=1S/C13H16F3NO3S/c1-9-4-5-10(13(14,15)16)7-12(9)21(19,20)17-6-2-3-11(17)8-18/h4-5,7,11,18H,2-3,6,8H2,1H3/t11-/m1/s1. The molecule has 1 heterocycles. The summed E-state index contributed by atoms with van der Waals surface area (Å²) in [6.45, 7) is 1.33. The lowest BCUT2D eigenvalue weighted by Gasteiger charge is -2.23. The molecular formula is C13H16F3NO3S. The van der Waals surface area contributed by atoms with Crippen LogP contribution in [0.15, 0.2) is 23.1 Å². The van der Waals surface area contributed by atoms with Gasteiger partial charge in [0, 0.05) is 12.6 Å². The summed E-state index contributed by atoms with van der Waals surface area (Å²) in [6, 6.07) is 2.11. The van der Waals surface area contributed by atoms with Crippen LogP contribution in [0.3, 0.4) is 0 Å². The Hall–Kier alpha value is -1.12. The number of hydrogen-bond donors (Lipinski definition) is 1. The third-order valence-electron chi connectivity index (χ3n) is 3.64. The molecule has 1 aliphatic heterocycles. The van der Waals surface area contributed by atoms with Gasteiger partial charge in [0.25, 0.3) is 0 Å². The van der Waals surface area contributed by atoms with Crippen molar-refractivity contribution in [3.05, 3.63) is 29.3 Å². The molecule has 21 heavy (non-hydrogen) atoms. The Balaban J connectivity index is 2.49. The highest BCUT2D eigenvalue weighted by molar-refractivity contribution is 7.89. The van der Waals surface area contributed by atoms with Crippen molar-refractivity contribution in [2.45, 2.75) is 36.9 Å². The van der Waals surface area contributed by atoms with Gasteiger partial charge in [-0.05, 0) is 37.5 Å². The van der Waals surface area contributed by atoms with Crippen LogP contribution in [-0.4, -0.2) is 37.0 Å². The second kappa shape index (κ2) is 5.58. The van der Waals surface area contributed by atoms with Crippen molar-refractivity contribution in [2.24, 2.45) is 0 Å². The summed E-state index contributed by atoms with van der Waals surface area (Å²) in [5.74, 6) is 0. The molecule has 2 rings (SSSR count). The molecule has 0 aromatic heterocycles. The lowest BCUT2D eigenvalue weighted by molar-refractivity contribution is -0.137. The van der Waals surface area contributed by atoms with E-state index in [-0.39, 0.29) is 23.6 Å². The topological polar surface area (TPSA) is 57.6 Å². The number of aliphatic hydroxyl groups excluding tert-OH is 1. The Morgan fingerprint density at radius 2 is 2.05 bits per heavy atom. The van der Waals surface area contributed by atoms with E-state index in [1.807, 2.05) is 0 Å². The van der Waals surface area contributed by atoms with Crippen LogP contribution in [0.1, 0.15) is 24.0 Å². The molecule has 0 bridgehead atoms. The van der Waals surface area contributed by atoms with Gasteiger partial charge in [-0.1, -0.05) is 6.07 Å². The number of aliphatic hydroxyl groups is 1. The highest BCUT2D eigenvalue weighted by Crippen LogP contribution is 2.34. The highest BCUT2D eigenvalue weighted by atomic mass is 32.2. The number of rotatable bonds is 3. The molecule has 1 atom stereocenters. The van der Waals surface area contributed by atoms with Crippen LogP contribution in [0.25, 0.3) is 0 Å². The molecule has 0 saturated carbocycles. The van der Waals surface area contributed by atoms with Gasteiger partial charge in [0.1, 0.15) is 0 Å². The van der Waals surface area contributed by atoms with E-state index in [1.54, 1.807) is 0 Å². The largest absolute Gasteiger partial charge is 0.416 e. The fourth-order valence-electron chi connectivity index (χ4n) is 2.49. The first-order chi connectivity index (χ1) is 9.67. The van der Waals surface area contributed by atoms with Crippen molar-refractivity contribution in [2.75, 3.05) is 13.2 Å². The minimum atomic E-state index is -4.60. The molecule has 0 aliphatic carbocycles. The molecular weight excluding hydrogens is 307 g/mol. The van der Waals surface area contributed by atoms with Crippen LogP contribution in [-0.2, 0) is 16.2 Å². The monoisotopic (exact) mass is 323 g/mol. The van der Waals surface area contributed by atoms with Crippen LogP contribution in [0.2, 0.25) is 0 Å². The summed E-state index contributed by atoms with van der Waals surface area (Å²) in [5, 5.41) is 9.21. The zero-order valence-electron chi connectivity index (χ0n) is 11.4. The maximum atomic E-state index is 12.8. The minimum Gasteiger partial charge on any atom is -0.395 e. The maximum Gasteiger partial charge on any atom is 0.416 e. The van der Waals surface area contributed by atoms with E-state index in [1.165, 1.54) is 6.92 Å². The molecule has 1 aromatic carbocycles. The Labute approximate surface area is 121 Å². The van der Waals surface area contributed by atoms with Crippen molar-refractivity contribution in [1.82, 2.24) is 4.31 Å². The summed E-state index contributed by atoms with van der Waals surface area (Å²) < 4.78 is 64.5. The normalized spacial score (nSPS) is 20.9. The van der Waals surface area contributed by atoms with Crippen molar-refractivity contribution in [1.29, 1.82) is 0 Å². The fraction of sp³-hybridized carbons (Fsp3) is 0.538. The van der Waals surface area contributed by atoms with E-state index in [0.29, 0.717) is 18.9 Å². The van der Waals surface area contributed by atoms with Crippen molar-refractivity contribution < 1.29 is 26.7 Å². The predicted molar refractivity (Wildman–Crippen MR) is 70.2 cm³/mol. The van der Waals surface area contributed by atoms with E-state index in [0.717, 1.165) is 16.4 Å². The van der Waals surface area contributed by atoms with Gasteiger partial charge in [-0.15, -0.1) is 0 Å². The van der Waals surface area contributed by atoms with Gasteiger partial charge in [-0.25, -0.2) is 8.42 Å². The Bertz CT molecular complexity index is 628. The molecule has 118 valence electrons. The lowest BCUT2D eigenvalue weighted by atomic mass is 10.1. The second-order valence-corrected chi connectivity index (χ2v) is 6.93. The average Bonchev–Trinajstić information content (AvgIpc) is 2.86. The SMILES string of the molecule is Cc1ccc(C(F)(F)F)cc1S(=O)(=O)N1CCC[C@@H]1CO. The van der Waals surface area contributed by atoms with Crippen LogP contribution >= 0.6 is 0 Å². The number of benzene rings is 1. The fourth-order valence-corrected chi connectivity index (χ4v) is 4.43. The van der Waals surface area contributed by atoms with Gasteiger partial charge in [0.05, 0.1) is 17.1 Å². The molecule has 1 N–H and O–H groups in total. The molecule has 0 radical (unpaired) electrons. The number of nitrogens with zero attached hydrogens (tertiary/aromatic N) is 1. The van der Waals surface area contributed by atoms with E-state index >= 15 is 0 Å². The molecule has 1 fully saturated rings. The molecule has 1 aromatic rings. The van der Waals surface area contributed by atoms with Crippen LogP contribution in [0.4, 0.5) is 13.2 Å². The van der Waals surface area contributed by atoms with Crippen molar-refractivity contribution in [3.63, 3.8) is 0 Å². The first kappa shape index (κ1) is 16.3. The summed E-state index contributed by atoms with van der Waals surface area (Å²) >= 11 is 0. The zero-order chi connectivity index (χ0) is 15.8. The maximum absolute atomic E-state index is 12.8. The number of halogens is 3. The molecule has 4 nitrogen and oxygen atoms in total. The smallest absolute Gasteiger partial charge is 0.395 e. The van der Waals surface area contributed by atoms with Gasteiger partial charge in [0.2, 0.25) is 10.0 Å². The first-order valence-corrected chi connectivity index (χ1v) is 7.92. The van der Waals surface area contributed by atoms with Gasteiger partial charge in [-0.3, -0.25) is 0 Å². The van der Waals surface area contributed by atoms with Crippen LogP contribution < -0.4 is 0 Å². The molecule has 1 aliphatic rings. The van der Waals surface area contributed by atoms with E-state index in [4.69, 9.17) is 0 Å². The number of alkyl halides is 3. The van der Waals surface area contributed by atoms with E-state index in [9.17, 15) is 26.7 Å². The number of aryl methyl sites for hydroxylation is 1. The third kappa shape index (κ3) is 3.07. The lowest BCUT2D eigenvalue weighted by Crippen LogP contribution is -2.38. The molecule has 0 unspecified atom stereocenters. The Morgan fingerprint density at radius 1 is 1.38 bits per heavy atom. The molecule has 1 saturated heterocycles. The summed E-state index contributed by atoms with van der Waals surface area (Å²) in [7, 11) is -4.04. The molecule has 0 amide bonds. The van der Waals surface area contributed by atoms with E-state index in [2.05, 4.69) is 0 Å². The molecule has 0 spiro atoms. The van der Waals surface area contributed by atoms with Crippen LogP contribution in [0.5, 0.6) is 0 Å². The number of hydrogen-bond acceptors (Lipinski definition) is 3. The Kier molecular flexibility index (Phi) is 4.32. The first-order valence-electron chi connectivity index (χ1n) is 6.48. The number of sulfonamides is 1. The van der Waals surface area contributed by atoms with Gasteiger partial charge < -0.3 is 5.11 Å². The van der Waals surface area contributed by atoms with Crippen molar-refractivity contribution >= 4 is 10.0 Å².